The summed E-state index contributed by atoms with van der Waals surface area (Å²) < 4.78 is 2.07. The minimum atomic E-state index is 0. The number of nitrogens with one attached hydrogen (secondary N) is 2. The summed E-state index contributed by atoms with van der Waals surface area (Å²) in [5.41, 5.74) is 5.14. The normalized spacial score (nSPS) is 11.0. The molecular weight excluding hydrogens is 473 g/mol. The highest BCUT2D eigenvalue weighted by molar-refractivity contribution is 14.0. The lowest BCUT2D eigenvalue weighted by molar-refractivity contribution is 0.793. The summed E-state index contributed by atoms with van der Waals surface area (Å²) in [4.78, 5) is 8.87. The molecule has 3 rings (SSSR count). The van der Waals surface area contributed by atoms with E-state index in [1.165, 1.54) is 22.3 Å². The van der Waals surface area contributed by atoms with E-state index in [2.05, 4.69) is 82.6 Å². The van der Waals surface area contributed by atoms with Crippen molar-refractivity contribution in [3.63, 3.8) is 0 Å². The summed E-state index contributed by atoms with van der Waals surface area (Å²) in [5, 5.41) is 6.80. The van der Waals surface area contributed by atoms with Gasteiger partial charge in [0.1, 0.15) is 0 Å². The van der Waals surface area contributed by atoms with Gasteiger partial charge < -0.3 is 15.2 Å². The van der Waals surface area contributed by atoms with Gasteiger partial charge >= 0.3 is 0 Å². The van der Waals surface area contributed by atoms with E-state index in [9.17, 15) is 0 Å². The van der Waals surface area contributed by atoms with Crippen LogP contribution in [0.4, 0.5) is 0 Å². The third-order valence-electron chi connectivity index (χ3n) is 4.63. The first kappa shape index (κ1) is 22.9. The lowest BCUT2D eigenvalue weighted by Crippen LogP contribution is -2.37. The molecule has 0 saturated carbocycles. The van der Waals surface area contributed by atoms with Gasteiger partial charge in [-0.05, 0) is 35.6 Å². The zero-order chi connectivity index (χ0) is 19.6. The van der Waals surface area contributed by atoms with Gasteiger partial charge in [-0.15, -0.1) is 24.0 Å². The number of rotatable bonds is 8. The Labute approximate surface area is 190 Å². The molecule has 3 aromatic rings. The second-order valence-electron chi connectivity index (χ2n) is 6.73. The maximum Gasteiger partial charge on any atom is 0.191 e. The number of aromatic nitrogens is 2. The zero-order valence-corrected chi connectivity index (χ0v) is 19.5. The molecule has 5 nitrogen and oxygen atoms in total. The Morgan fingerprint density at radius 2 is 1.79 bits per heavy atom. The van der Waals surface area contributed by atoms with E-state index in [4.69, 9.17) is 4.99 Å². The molecule has 0 radical (unpaired) electrons. The minimum Gasteiger partial charge on any atom is -0.357 e. The zero-order valence-electron chi connectivity index (χ0n) is 17.1. The Hall–Kier alpha value is -2.35. The Morgan fingerprint density at radius 3 is 2.52 bits per heavy atom. The van der Waals surface area contributed by atoms with Crippen LogP contribution >= 0.6 is 24.0 Å². The first-order chi connectivity index (χ1) is 13.8. The quantitative estimate of drug-likeness (QED) is 0.273. The van der Waals surface area contributed by atoms with Crippen molar-refractivity contribution in [3.8, 4) is 0 Å². The summed E-state index contributed by atoms with van der Waals surface area (Å²) in [7, 11) is 0. The summed E-state index contributed by atoms with van der Waals surface area (Å²) in [6.07, 6.45) is 6.66. The van der Waals surface area contributed by atoms with Crippen molar-refractivity contribution >= 4 is 29.9 Å². The van der Waals surface area contributed by atoms with Crippen molar-refractivity contribution in [2.45, 2.75) is 39.9 Å². The van der Waals surface area contributed by atoms with Crippen LogP contribution in [-0.2, 0) is 26.1 Å². The van der Waals surface area contributed by atoms with Gasteiger partial charge in [0.15, 0.2) is 5.96 Å². The highest BCUT2D eigenvalue weighted by atomic mass is 127. The molecule has 0 spiro atoms. The van der Waals surface area contributed by atoms with Gasteiger partial charge in [0.25, 0.3) is 0 Å². The fraction of sp³-hybridized carbons (Fsp3) is 0.304. The van der Waals surface area contributed by atoms with Gasteiger partial charge in [0, 0.05) is 32.0 Å². The third-order valence-corrected chi connectivity index (χ3v) is 4.63. The average molecular weight is 503 g/mol. The molecule has 29 heavy (non-hydrogen) atoms. The van der Waals surface area contributed by atoms with Gasteiger partial charge in [-0.1, -0.05) is 55.5 Å². The van der Waals surface area contributed by atoms with Crippen LogP contribution < -0.4 is 10.6 Å². The molecular formula is C23H30IN5. The van der Waals surface area contributed by atoms with Crippen molar-refractivity contribution in [2.24, 2.45) is 4.99 Å². The molecule has 2 aromatic carbocycles. The molecule has 1 heterocycles. The molecule has 1 aromatic heterocycles. The van der Waals surface area contributed by atoms with E-state index < -0.39 is 0 Å². The van der Waals surface area contributed by atoms with Crippen molar-refractivity contribution in [1.29, 1.82) is 0 Å². The third kappa shape index (κ3) is 7.20. The molecule has 154 valence electrons. The fourth-order valence-electron chi connectivity index (χ4n) is 3.18. The van der Waals surface area contributed by atoms with E-state index >= 15 is 0 Å². The minimum absolute atomic E-state index is 0. The topological polar surface area (TPSA) is 54.2 Å². The van der Waals surface area contributed by atoms with Crippen LogP contribution in [0.25, 0.3) is 0 Å². The monoisotopic (exact) mass is 503 g/mol. The Bertz CT molecular complexity index is 890. The maximum absolute atomic E-state index is 4.77. The van der Waals surface area contributed by atoms with Crippen LogP contribution in [0.15, 0.2) is 72.2 Å². The largest absolute Gasteiger partial charge is 0.357 e. The number of guanidine groups is 1. The number of benzene rings is 2. The van der Waals surface area contributed by atoms with E-state index in [-0.39, 0.29) is 24.0 Å². The molecule has 0 aliphatic carbocycles. The lowest BCUT2D eigenvalue weighted by atomic mass is 10.1. The van der Waals surface area contributed by atoms with E-state index in [1.807, 2.05) is 12.5 Å². The van der Waals surface area contributed by atoms with Crippen LogP contribution in [0.1, 0.15) is 36.1 Å². The first-order valence-electron chi connectivity index (χ1n) is 9.91. The highest BCUT2D eigenvalue weighted by Gasteiger charge is 2.03. The molecule has 0 aliphatic heterocycles. The average Bonchev–Trinajstić information content (AvgIpc) is 3.23. The van der Waals surface area contributed by atoms with E-state index in [1.54, 1.807) is 6.20 Å². The predicted octanol–water partition coefficient (Wildman–Crippen LogP) is 4.37. The summed E-state index contributed by atoms with van der Waals surface area (Å²) in [6.45, 7) is 7.35. The van der Waals surface area contributed by atoms with Gasteiger partial charge in [0.2, 0.25) is 0 Å². The summed E-state index contributed by atoms with van der Waals surface area (Å²) in [5.74, 6) is 0.841. The van der Waals surface area contributed by atoms with Crippen molar-refractivity contribution in [3.05, 3.63) is 89.5 Å². The molecule has 2 N–H and O–H groups in total. The van der Waals surface area contributed by atoms with Crippen LogP contribution in [0, 0.1) is 0 Å². The Kier molecular flexibility index (Phi) is 9.70. The molecule has 6 heteroatoms. The van der Waals surface area contributed by atoms with Crippen LogP contribution in [-0.4, -0.2) is 22.1 Å². The first-order valence-corrected chi connectivity index (χ1v) is 9.91. The number of nitrogens with zero attached hydrogens (tertiary/aromatic N) is 3. The maximum atomic E-state index is 4.77. The van der Waals surface area contributed by atoms with Gasteiger partial charge in [0.05, 0.1) is 12.9 Å². The van der Waals surface area contributed by atoms with Crippen molar-refractivity contribution < 1.29 is 0 Å². The molecule has 0 atom stereocenters. The predicted molar refractivity (Wildman–Crippen MR) is 131 cm³/mol. The Balaban J connectivity index is 0.00000300. The van der Waals surface area contributed by atoms with Gasteiger partial charge in [-0.3, -0.25) is 0 Å². The number of hydrogen-bond donors (Lipinski definition) is 2. The van der Waals surface area contributed by atoms with Crippen molar-refractivity contribution in [1.82, 2.24) is 20.2 Å². The number of aryl methyl sites for hydroxylation is 1. The van der Waals surface area contributed by atoms with Crippen LogP contribution in [0.5, 0.6) is 0 Å². The number of halogens is 1. The fourth-order valence-corrected chi connectivity index (χ4v) is 3.18. The summed E-state index contributed by atoms with van der Waals surface area (Å²) in [6, 6.07) is 17.1. The van der Waals surface area contributed by atoms with Gasteiger partial charge in [-0.25, -0.2) is 9.98 Å². The second-order valence-corrected chi connectivity index (χ2v) is 6.73. The van der Waals surface area contributed by atoms with E-state index in [0.29, 0.717) is 6.54 Å². The number of aliphatic imine (C=N–C) groups is 1. The molecule has 0 saturated heterocycles. The van der Waals surface area contributed by atoms with Crippen molar-refractivity contribution in [2.75, 3.05) is 6.54 Å². The van der Waals surface area contributed by atoms with E-state index in [0.717, 1.165) is 32.0 Å². The standard InChI is InChI=1S/C23H29N5.HI/c1-3-21-10-5-6-11-22(21)16-27-23(25-4-2)26-15-19-8-7-9-20(14-19)17-28-13-12-24-18-28;/h5-14,18H,3-4,15-17H2,1-2H3,(H2,25,26,27);1H. The van der Waals surface area contributed by atoms with Crippen LogP contribution in [0.3, 0.4) is 0 Å². The molecule has 0 unspecified atom stereocenters. The SMILES string of the molecule is CCNC(=NCc1cccc(Cn2ccnc2)c1)NCc1ccccc1CC.I. The highest BCUT2D eigenvalue weighted by Crippen LogP contribution is 2.10. The molecule has 0 amide bonds. The lowest BCUT2D eigenvalue weighted by Gasteiger charge is -2.13. The molecule has 0 fully saturated rings. The number of imidazole rings is 1. The van der Waals surface area contributed by atoms with Gasteiger partial charge in [-0.2, -0.15) is 0 Å². The Morgan fingerprint density at radius 1 is 1.00 bits per heavy atom. The second kappa shape index (κ2) is 12.3. The summed E-state index contributed by atoms with van der Waals surface area (Å²) >= 11 is 0. The number of hydrogen-bond acceptors (Lipinski definition) is 2. The van der Waals surface area contributed by atoms with Crippen LogP contribution in [0.2, 0.25) is 0 Å². The molecule has 0 aliphatic rings. The smallest absolute Gasteiger partial charge is 0.191 e. The molecule has 0 bridgehead atoms.